The summed E-state index contributed by atoms with van der Waals surface area (Å²) in [5, 5.41) is 17.9. The van der Waals surface area contributed by atoms with Crippen molar-refractivity contribution in [3.05, 3.63) is 35.9 Å². The summed E-state index contributed by atoms with van der Waals surface area (Å²) in [6.45, 7) is 0.0406. The van der Waals surface area contributed by atoms with Gasteiger partial charge in [-0.2, -0.15) is 5.10 Å². The van der Waals surface area contributed by atoms with Crippen molar-refractivity contribution in [2.75, 3.05) is 11.4 Å². The van der Waals surface area contributed by atoms with Crippen molar-refractivity contribution < 1.29 is 4.79 Å². The molecular weight excluding hydrogens is 339 g/mol. The lowest BCUT2D eigenvalue weighted by molar-refractivity contribution is -0.118. The lowest BCUT2D eigenvalue weighted by atomic mass is 10.2. The van der Waals surface area contributed by atoms with Crippen molar-refractivity contribution in [1.29, 1.82) is 10.8 Å². The first kappa shape index (κ1) is 17.1. The van der Waals surface area contributed by atoms with Gasteiger partial charge in [0.2, 0.25) is 5.91 Å². The molecule has 9 heteroatoms. The Morgan fingerprint density at radius 3 is 2.87 bits per heavy atom. The highest BCUT2D eigenvalue weighted by Crippen LogP contribution is 2.26. The topological polar surface area (TPSA) is 98.7 Å². The molecule has 1 amide bonds. The molecule has 2 heterocycles. The number of hydrogen-bond acceptors (Lipinski definition) is 5. The maximum absolute atomic E-state index is 12.3. The number of alkyl halides is 1. The van der Waals surface area contributed by atoms with Crippen molar-refractivity contribution in [3.63, 3.8) is 0 Å². The van der Waals surface area contributed by atoms with E-state index in [1.54, 1.807) is 30.7 Å². The van der Waals surface area contributed by atoms with E-state index in [0.717, 1.165) is 12.4 Å². The molecule has 0 fully saturated rings. The van der Waals surface area contributed by atoms with E-state index in [1.807, 2.05) is 0 Å². The van der Waals surface area contributed by atoms with Crippen molar-refractivity contribution >= 4 is 47.2 Å². The molecule has 0 bridgehead atoms. The molecule has 7 nitrogen and oxygen atoms in total. The van der Waals surface area contributed by atoms with Gasteiger partial charge in [-0.1, -0.05) is 11.6 Å². The minimum Gasteiger partial charge on any atom is -0.312 e. The molecule has 0 aromatic carbocycles. The van der Waals surface area contributed by atoms with Gasteiger partial charge in [0.05, 0.1) is 30.0 Å². The molecule has 0 saturated heterocycles. The first-order chi connectivity index (χ1) is 11.1. The molecule has 0 saturated carbocycles. The zero-order chi connectivity index (χ0) is 16.8. The molecule has 2 rings (SSSR count). The zero-order valence-electron chi connectivity index (χ0n) is 12.0. The minimum atomic E-state index is -0.706. The smallest absolute Gasteiger partial charge is 0.229 e. The maximum atomic E-state index is 12.3. The average molecular weight is 353 g/mol. The molecule has 120 valence electrons. The molecule has 0 aliphatic carbocycles. The average Bonchev–Trinajstić information content (AvgIpc) is 2.94. The highest BCUT2D eigenvalue weighted by molar-refractivity contribution is 6.33. The fraction of sp³-hybridized carbons (Fsp3) is 0.214. The first-order valence-electron chi connectivity index (χ1n) is 6.66. The van der Waals surface area contributed by atoms with Gasteiger partial charge in [0.25, 0.3) is 0 Å². The van der Waals surface area contributed by atoms with Crippen LogP contribution in [0, 0.1) is 10.8 Å². The Morgan fingerprint density at radius 2 is 2.26 bits per heavy atom. The van der Waals surface area contributed by atoms with E-state index in [-0.39, 0.29) is 24.0 Å². The fourth-order valence-corrected chi connectivity index (χ4v) is 2.27. The third-order valence-corrected chi connectivity index (χ3v) is 3.53. The highest BCUT2D eigenvalue weighted by Gasteiger charge is 2.22. The summed E-state index contributed by atoms with van der Waals surface area (Å²) in [5.74, 6) is -0.343. The normalized spacial score (nSPS) is 11.7. The SMILES string of the molecule is N=CCN(C(=O)CC(Cl)C=N)c1cn(-c2cccnc2)nc1Cl. The van der Waals surface area contributed by atoms with Crippen LogP contribution in [-0.4, -0.2) is 45.0 Å². The molecular formula is C14H14Cl2N6O. The van der Waals surface area contributed by atoms with E-state index in [0.29, 0.717) is 11.4 Å². The molecule has 2 N–H and O–H groups in total. The second kappa shape index (κ2) is 7.85. The maximum Gasteiger partial charge on any atom is 0.229 e. The van der Waals surface area contributed by atoms with Crippen LogP contribution in [0.1, 0.15) is 6.42 Å². The van der Waals surface area contributed by atoms with Crippen LogP contribution in [0.15, 0.2) is 30.7 Å². The molecule has 0 radical (unpaired) electrons. The second-order valence-corrected chi connectivity index (χ2v) is 5.47. The quantitative estimate of drug-likeness (QED) is 0.591. The number of nitrogens with zero attached hydrogens (tertiary/aromatic N) is 4. The Bertz CT molecular complexity index is 703. The molecule has 2 aromatic heterocycles. The van der Waals surface area contributed by atoms with Crippen LogP contribution in [0.2, 0.25) is 5.15 Å². The number of anilines is 1. The third kappa shape index (κ3) is 4.14. The molecule has 0 aliphatic rings. The largest absolute Gasteiger partial charge is 0.312 e. The van der Waals surface area contributed by atoms with Crippen LogP contribution in [-0.2, 0) is 4.79 Å². The Balaban J connectivity index is 2.32. The summed E-state index contributed by atoms with van der Waals surface area (Å²) in [7, 11) is 0. The van der Waals surface area contributed by atoms with Crippen LogP contribution < -0.4 is 4.90 Å². The molecule has 0 aliphatic heterocycles. The van der Waals surface area contributed by atoms with Crippen LogP contribution in [0.4, 0.5) is 5.69 Å². The van der Waals surface area contributed by atoms with Crippen LogP contribution in [0.25, 0.3) is 5.69 Å². The standard InChI is InChI=1S/C14H14Cl2N6O/c15-10(7-18)6-13(23)21(5-3-17)12-9-22(20-14(12)16)11-2-1-4-19-8-11/h1-4,7-10,17-18H,5-6H2. The predicted octanol–water partition coefficient (Wildman–Crippen LogP) is 2.55. The van der Waals surface area contributed by atoms with E-state index in [1.165, 1.54) is 9.58 Å². The first-order valence-corrected chi connectivity index (χ1v) is 7.47. The van der Waals surface area contributed by atoms with Gasteiger partial charge in [0, 0.05) is 25.0 Å². The van der Waals surface area contributed by atoms with Crippen molar-refractivity contribution in [1.82, 2.24) is 14.8 Å². The fourth-order valence-electron chi connectivity index (χ4n) is 1.91. The van der Waals surface area contributed by atoms with Gasteiger partial charge in [0.15, 0.2) is 5.15 Å². The summed E-state index contributed by atoms with van der Waals surface area (Å²) in [6, 6.07) is 3.56. The van der Waals surface area contributed by atoms with Crippen LogP contribution in [0.3, 0.4) is 0 Å². The molecule has 2 aromatic rings. The highest BCUT2D eigenvalue weighted by atomic mass is 35.5. The summed E-state index contributed by atoms with van der Waals surface area (Å²) >= 11 is 12.0. The minimum absolute atomic E-state index is 0.0406. The molecule has 1 atom stereocenters. The monoisotopic (exact) mass is 352 g/mol. The number of nitrogens with one attached hydrogen (secondary N) is 2. The summed E-state index contributed by atoms with van der Waals surface area (Å²) in [5.41, 5.74) is 1.07. The molecule has 0 spiro atoms. The molecule has 23 heavy (non-hydrogen) atoms. The Hall–Kier alpha value is -2.25. The Labute approximate surface area is 142 Å². The van der Waals surface area contributed by atoms with E-state index >= 15 is 0 Å². The second-order valence-electron chi connectivity index (χ2n) is 4.56. The third-order valence-electron chi connectivity index (χ3n) is 2.98. The number of hydrogen-bond donors (Lipinski definition) is 2. The number of rotatable bonds is 7. The van der Waals surface area contributed by atoms with Gasteiger partial charge < -0.3 is 15.7 Å². The van der Waals surface area contributed by atoms with E-state index in [4.69, 9.17) is 34.0 Å². The predicted molar refractivity (Wildman–Crippen MR) is 90.5 cm³/mol. The number of amides is 1. The van der Waals surface area contributed by atoms with Crippen molar-refractivity contribution in [2.24, 2.45) is 0 Å². The van der Waals surface area contributed by atoms with Gasteiger partial charge >= 0.3 is 0 Å². The van der Waals surface area contributed by atoms with Gasteiger partial charge in [0.1, 0.15) is 5.69 Å². The number of carbonyl (C=O) groups is 1. The van der Waals surface area contributed by atoms with E-state index in [2.05, 4.69) is 10.1 Å². The summed E-state index contributed by atoms with van der Waals surface area (Å²) < 4.78 is 1.50. The molecule has 1 unspecified atom stereocenters. The van der Waals surface area contributed by atoms with Gasteiger partial charge in [-0.15, -0.1) is 11.6 Å². The Morgan fingerprint density at radius 1 is 1.48 bits per heavy atom. The lowest BCUT2D eigenvalue weighted by Gasteiger charge is -2.19. The van der Waals surface area contributed by atoms with E-state index < -0.39 is 5.38 Å². The van der Waals surface area contributed by atoms with Crippen molar-refractivity contribution in [3.8, 4) is 5.69 Å². The van der Waals surface area contributed by atoms with Gasteiger partial charge in [-0.25, -0.2) is 4.68 Å². The summed E-state index contributed by atoms with van der Waals surface area (Å²) in [6.07, 6.45) is 6.85. The number of aromatic nitrogens is 3. The Kier molecular flexibility index (Phi) is 5.84. The summed E-state index contributed by atoms with van der Waals surface area (Å²) in [4.78, 5) is 17.6. The number of halogens is 2. The number of carbonyl (C=O) groups excluding carboxylic acids is 1. The lowest BCUT2D eigenvalue weighted by Crippen LogP contribution is -2.34. The van der Waals surface area contributed by atoms with E-state index in [9.17, 15) is 4.79 Å². The zero-order valence-corrected chi connectivity index (χ0v) is 13.5. The van der Waals surface area contributed by atoms with Crippen molar-refractivity contribution in [2.45, 2.75) is 11.8 Å². The van der Waals surface area contributed by atoms with Gasteiger partial charge in [-0.3, -0.25) is 9.78 Å². The number of pyridine rings is 1. The van der Waals surface area contributed by atoms with Gasteiger partial charge in [-0.05, 0) is 12.1 Å². The van der Waals surface area contributed by atoms with Crippen LogP contribution >= 0.6 is 23.2 Å². The van der Waals surface area contributed by atoms with Crippen LogP contribution in [0.5, 0.6) is 0 Å².